The van der Waals surface area contributed by atoms with Crippen molar-refractivity contribution >= 4 is 55.9 Å². The van der Waals surface area contributed by atoms with Crippen LogP contribution in [0.15, 0.2) is 12.1 Å². The van der Waals surface area contributed by atoms with E-state index in [-0.39, 0.29) is 19.5 Å². The van der Waals surface area contributed by atoms with Crippen molar-refractivity contribution in [2.45, 2.75) is 6.18 Å². The molecule has 0 fully saturated rings. The van der Waals surface area contributed by atoms with Gasteiger partial charge in [0.2, 0.25) is 0 Å². The van der Waals surface area contributed by atoms with Crippen molar-refractivity contribution in [1.29, 1.82) is 0 Å². The summed E-state index contributed by atoms with van der Waals surface area (Å²) in [6.07, 6.45) is -4.56. The van der Waals surface area contributed by atoms with Crippen LogP contribution in [-0.2, 0) is 6.18 Å². The zero-order valence-electron chi connectivity index (χ0n) is 7.54. The molecule has 1 nitrogen and oxygen atoms in total. The zero-order valence-corrected chi connectivity index (χ0v) is 12.0. The number of carbonyl (C=O) groups is 1. The summed E-state index contributed by atoms with van der Waals surface area (Å²) < 4.78 is 38.1. The molecule has 1 aromatic rings. The third-order valence-electron chi connectivity index (χ3n) is 1.80. The highest BCUT2D eigenvalue weighted by atomic mass is 127. The van der Waals surface area contributed by atoms with Crippen molar-refractivity contribution in [2.24, 2.45) is 0 Å². The largest absolute Gasteiger partial charge is 0.417 e. The molecule has 0 saturated carbocycles. The molecule has 0 bridgehead atoms. The number of Topliss-reactive ketones (excluding diaryl/α,β-unsaturated/α-hetero) is 1. The first-order chi connectivity index (χ1) is 7.29. The molecule has 0 unspecified atom stereocenters. The minimum absolute atomic E-state index is 0.124. The summed E-state index contributed by atoms with van der Waals surface area (Å²) in [7, 11) is 0. The molecule has 0 atom stereocenters. The number of carbonyl (C=O) groups excluding carboxylic acids is 1. The summed E-state index contributed by atoms with van der Waals surface area (Å²) in [6.45, 7) is 0. The van der Waals surface area contributed by atoms with E-state index in [4.69, 9.17) is 11.6 Å². The maximum absolute atomic E-state index is 12.6. The van der Waals surface area contributed by atoms with E-state index >= 15 is 0 Å². The van der Waals surface area contributed by atoms with E-state index in [2.05, 4.69) is 15.9 Å². The minimum Gasteiger partial charge on any atom is -0.293 e. The number of benzene rings is 1. The quantitative estimate of drug-likeness (QED) is 0.385. The van der Waals surface area contributed by atoms with Crippen LogP contribution in [0.4, 0.5) is 13.2 Å². The molecule has 0 amide bonds. The summed E-state index contributed by atoms with van der Waals surface area (Å²) in [5, 5.41) is -0.0372. The summed E-state index contributed by atoms with van der Waals surface area (Å²) >= 11 is 10.2. The van der Waals surface area contributed by atoms with Crippen LogP contribution in [0.25, 0.3) is 0 Å². The zero-order chi connectivity index (χ0) is 12.5. The Balaban J connectivity index is 3.51. The Kier molecular flexibility index (Phi) is 4.65. The Morgan fingerprint density at radius 2 is 2.00 bits per heavy atom. The van der Waals surface area contributed by atoms with Crippen LogP contribution in [0.2, 0.25) is 5.02 Å². The van der Waals surface area contributed by atoms with E-state index in [1.807, 2.05) is 0 Å². The average Bonchev–Trinajstić information content (AvgIpc) is 2.19. The van der Waals surface area contributed by atoms with Gasteiger partial charge in [0.15, 0.2) is 5.78 Å². The third kappa shape index (κ3) is 2.89. The summed E-state index contributed by atoms with van der Waals surface area (Å²) in [5.74, 6) is -0.640. The Morgan fingerprint density at radius 3 is 2.44 bits per heavy atom. The van der Waals surface area contributed by atoms with E-state index in [0.29, 0.717) is 0 Å². The Hall–Kier alpha value is 0.180. The number of ketones is 1. The number of hydrogen-bond acceptors (Lipinski definition) is 1. The molecule has 1 aromatic carbocycles. The summed E-state index contributed by atoms with van der Waals surface area (Å²) in [4.78, 5) is 11.4. The fraction of sp³-hybridized carbons (Fsp3) is 0.222. The van der Waals surface area contributed by atoms with Crippen molar-refractivity contribution in [3.05, 3.63) is 31.9 Å². The molecule has 0 aliphatic rings. The molecule has 16 heavy (non-hydrogen) atoms. The van der Waals surface area contributed by atoms with Crippen LogP contribution in [0.1, 0.15) is 15.9 Å². The van der Waals surface area contributed by atoms with Crippen LogP contribution in [0.3, 0.4) is 0 Å². The monoisotopic (exact) mass is 426 g/mol. The lowest BCUT2D eigenvalue weighted by Crippen LogP contribution is -2.15. The van der Waals surface area contributed by atoms with Crippen LogP contribution in [-0.4, -0.2) is 11.1 Å². The van der Waals surface area contributed by atoms with Gasteiger partial charge in [-0.2, -0.15) is 13.2 Å². The molecule has 1 rings (SSSR count). The first-order valence-corrected chi connectivity index (χ1v) is 6.51. The Labute approximate surface area is 117 Å². The fourth-order valence-electron chi connectivity index (χ4n) is 1.13. The number of halogens is 6. The molecule has 0 spiro atoms. The van der Waals surface area contributed by atoms with Crippen molar-refractivity contribution < 1.29 is 18.0 Å². The molecule has 0 aromatic heterocycles. The van der Waals surface area contributed by atoms with Crippen LogP contribution >= 0.6 is 50.1 Å². The van der Waals surface area contributed by atoms with Gasteiger partial charge in [0.1, 0.15) is 0 Å². The number of alkyl halides is 4. The van der Waals surface area contributed by atoms with Crippen molar-refractivity contribution in [1.82, 2.24) is 0 Å². The molecule has 7 heteroatoms. The lowest BCUT2D eigenvalue weighted by Gasteiger charge is -2.13. The maximum Gasteiger partial charge on any atom is 0.417 e. The van der Waals surface area contributed by atoms with Crippen LogP contribution in [0, 0.1) is 3.57 Å². The molecule has 0 saturated heterocycles. The number of rotatable bonds is 2. The molecule has 0 radical (unpaired) electrons. The molecule has 0 aliphatic carbocycles. The van der Waals surface area contributed by atoms with E-state index in [0.717, 1.165) is 12.1 Å². The van der Waals surface area contributed by atoms with Crippen molar-refractivity contribution in [3.63, 3.8) is 0 Å². The highest BCUT2D eigenvalue weighted by Gasteiger charge is 2.36. The Morgan fingerprint density at radius 1 is 1.44 bits per heavy atom. The SMILES string of the molecule is O=C(CBr)c1c(C(F)(F)F)ccc(Cl)c1I. The molecule has 0 N–H and O–H groups in total. The summed E-state index contributed by atoms with van der Waals surface area (Å²) in [6, 6.07) is 1.96. The molecular formula is C9H4BrClF3IO. The van der Waals surface area contributed by atoms with Gasteiger partial charge in [-0.25, -0.2) is 0 Å². The molecule has 88 valence electrons. The molecule has 0 aliphatic heterocycles. The first kappa shape index (κ1) is 14.2. The van der Waals surface area contributed by atoms with E-state index in [9.17, 15) is 18.0 Å². The first-order valence-electron chi connectivity index (χ1n) is 3.93. The predicted molar refractivity (Wildman–Crippen MR) is 67.3 cm³/mol. The summed E-state index contributed by atoms with van der Waals surface area (Å²) in [5.41, 5.74) is -1.33. The standard InChI is InChI=1S/C9H4BrClF3IO/c10-3-6(16)7-4(9(12,13)14)1-2-5(11)8(7)15/h1-2H,3H2. The molecule has 0 heterocycles. The molecular weight excluding hydrogens is 423 g/mol. The van der Waals surface area contributed by atoms with Gasteiger partial charge in [0.25, 0.3) is 0 Å². The topological polar surface area (TPSA) is 17.1 Å². The second kappa shape index (κ2) is 5.22. The van der Waals surface area contributed by atoms with Crippen molar-refractivity contribution in [2.75, 3.05) is 5.33 Å². The highest BCUT2D eigenvalue weighted by molar-refractivity contribution is 14.1. The Bertz CT molecular complexity index is 433. The smallest absolute Gasteiger partial charge is 0.293 e. The average molecular weight is 427 g/mol. The maximum atomic E-state index is 12.6. The van der Waals surface area contributed by atoms with E-state index in [1.165, 1.54) is 0 Å². The van der Waals surface area contributed by atoms with Crippen LogP contribution in [0.5, 0.6) is 0 Å². The van der Waals surface area contributed by atoms with Crippen molar-refractivity contribution in [3.8, 4) is 0 Å². The lowest BCUT2D eigenvalue weighted by molar-refractivity contribution is -0.137. The lowest BCUT2D eigenvalue weighted by atomic mass is 10.0. The van der Waals surface area contributed by atoms with Gasteiger partial charge in [-0.05, 0) is 34.7 Å². The van der Waals surface area contributed by atoms with E-state index in [1.54, 1.807) is 22.6 Å². The second-order valence-electron chi connectivity index (χ2n) is 2.84. The minimum atomic E-state index is -4.56. The fourth-order valence-corrected chi connectivity index (χ4v) is 2.34. The number of hydrogen-bond donors (Lipinski definition) is 0. The van der Waals surface area contributed by atoms with Gasteiger partial charge in [0, 0.05) is 9.13 Å². The predicted octanol–water partition coefficient (Wildman–Crippen LogP) is 4.54. The highest BCUT2D eigenvalue weighted by Crippen LogP contribution is 2.36. The normalized spacial score (nSPS) is 11.6. The van der Waals surface area contributed by atoms with Gasteiger partial charge in [-0.3, -0.25) is 4.79 Å². The van der Waals surface area contributed by atoms with Gasteiger partial charge in [-0.15, -0.1) is 0 Å². The second-order valence-corrected chi connectivity index (χ2v) is 4.89. The van der Waals surface area contributed by atoms with Gasteiger partial charge >= 0.3 is 6.18 Å². The van der Waals surface area contributed by atoms with Gasteiger partial charge in [0.05, 0.1) is 15.9 Å². The van der Waals surface area contributed by atoms with Gasteiger partial charge < -0.3 is 0 Å². The van der Waals surface area contributed by atoms with E-state index < -0.39 is 17.5 Å². The third-order valence-corrected chi connectivity index (χ3v) is 4.06. The van der Waals surface area contributed by atoms with Crippen LogP contribution < -0.4 is 0 Å². The van der Waals surface area contributed by atoms with Gasteiger partial charge in [-0.1, -0.05) is 27.5 Å².